The molecule has 35 heavy (non-hydrogen) atoms. The van der Waals surface area contributed by atoms with Gasteiger partial charge in [0.15, 0.2) is 17.3 Å². The Morgan fingerprint density at radius 1 is 0.857 bits per heavy atom. The predicted molar refractivity (Wildman–Crippen MR) is 133 cm³/mol. The van der Waals surface area contributed by atoms with E-state index >= 15 is 0 Å². The molecule has 1 heterocycles. The minimum absolute atomic E-state index is 0.209. The van der Waals surface area contributed by atoms with E-state index in [0.717, 1.165) is 5.56 Å². The number of carbonyl (C=O) groups is 2. The molecule has 0 atom stereocenters. The molecule has 2 amide bonds. The summed E-state index contributed by atoms with van der Waals surface area (Å²) in [4.78, 5) is 25.1. The van der Waals surface area contributed by atoms with Crippen LogP contribution in [0.2, 0.25) is 0 Å². The molecule has 0 unspecified atom stereocenters. The summed E-state index contributed by atoms with van der Waals surface area (Å²) in [6, 6.07) is 13.5. The molecule has 0 aliphatic carbocycles. The molecule has 3 aromatic rings. The molecule has 0 saturated heterocycles. The summed E-state index contributed by atoms with van der Waals surface area (Å²) in [5, 5.41) is 6.99. The molecule has 0 saturated carbocycles. The highest BCUT2D eigenvalue weighted by Crippen LogP contribution is 2.39. The number of hydrazone groups is 1. The normalized spacial score (nSPS) is 11.0. The van der Waals surface area contributed by atoms with Crippen LogP contribution in [0.15, 0.2) is 64.3 Å². The fourth-order valence-corrected chi connectivity index (χ4v) is 3.21. The van der Waals surface area contributed by atoms with E-state index in [4.69, 9.17) is 18.6 Å². The molecule has 0 aliphatic heterocycles. The quantitative estimate of drug-likeness (QED) is 0.299. The topological polar surface area (TPSA) is 111 Å². The lowest BCUT2D eigenvalue weighted by Gasteiger charge is -2.16. The second kappa shape index (κ2) is 12.3. The van der Waals surface area contributed by atoms with Crippen LogP contribution in [-0.2, 0) is 0 Å². The van der Waals surface area contributed by atoms with Gasteiger partial charge in [0.05, 0.1) is 31.8 Å². The van der Waals surface area contributed by atoms with Gasteiger partial charge in [0.2, 0.25) is 5.75 Å². The van der Waals surface area contributed by atoms with Crippen LogP contribution in [0, 0.1) is 0 Å². The molecule has 9 heteroatoms. The highest BCUT2D eigenvalue weighted by Gasteiger charge is 2.18. The maximum Gasteiger partial charge on any atom is 0.291 e. The summed E-state index contributed by atoms with van der Waals surface area (Å²) in [5.74, 6) is 0.719. The summed E-state index contributed by atoms with van der Waals surface area (Å²) in [6.07, 6.45) is 1.43. The predicted octanol–water partition coefficient (Wildman–Crippen LogP) is 4.88. The van der Waals surface area contributed by atoms with Gasteiger partial charge in [-0.15, -0.1) is 0 Å². The first-order valence-corrected chi connectivity index (χ1v) is 11.3. The smallest absolute Gasteiger partial charge is 0.291 e. The van der Waals surface area contributed by atoms with Crippen LogP contribution >= 0.6 is 0 Å². The van der Waals surface area contributed by atoms with Gasteiger partial charge in [-0.2, -0.15) is 5.10 Å². The minimum atomic E-state index is -0.434. The van der Waals surface area contributed by atoms with Crippen LogP contribution in [0.25, 0.3) is 0 Å². The van der Waals surface area contributed by atoms with Crippen molar-refractivity contribution in [1.82, 2.24) is 5.43 Å². The molecular weight excluding hydrogens is 450 g/mol. The van der Waals surface area contributed by atoms with E-state index < -0.39 is 5.91 Å². The van der Waals surface area contributed by atoms with Gasteiger partial charge in [-0.25, -0.2) is 5.43 Å². The minimum Gasteiger partial charge on any atom is -0.490 e. The number of ether oxygens (including phenoxy) is 3. The largest absolute Gasteiger partial charge is 0.490 e. The van der Waals surface area contributed by atoms with Crippen molar-refractivity contribution in [2.45, 2.75) is 27.7 Å². The first-order chi connectivity index (χ1) is 17.0. The van der Waals surface area contributed by atoms with E-state index in [1.54, 1.807) is 49.4 Å². The van der Waals surface area contributed by atoms with Crippen LogP contribution in [0.4, 0.5) is 5.69 Å². The third-order valence-corrected chi connectivity index (χ3v) is 4.78. The number of furan rings is 1. The Labute approximate surface area is 204 Å². The van der Waals surface area contributed by atoms with E-state index in [2.05, 4.69) is 15.8 Å². The lowest BCUT2D eigenvalue weighted by molar-refractivity contribution is 0.0952. The molecular formula is C26H29N3O6. The van der Waals surface area contributed by atoms with Crippen molar-refractivity contribution < 1.29 is 28.2 Å². The molecule has 0 radical (unpaired) electrons. The highest BCUT2D eigenvalue weighted by molar-refractivity contribution is 6.04. The van der Waals surface area contributed by atoms with Gasteiger partial charge >= 0.3 is 0 Å². The van der Waals surface area contributed by atoms with Gasteiger partial charge in [-0.05, 0) is 69.7 Å². The maximum atomic E-state index is 12.9. The van der Waals surface area contributed by atoms with Crippen LogP contribution in [0.1, 0.15) is 54.2 Å². The average Bonchev–Trinajstić information content (AvgIpc) is 3.40. The Balaban J connectivity index is 1.77. The zero-order valence-electron chi connectivity index (χ0n) is 20.2. The van der Waals surface area contributed by atoms with E-state index in [9.17, 15) is 9.59 Å². The molecule has 9 nitrogen and oxygen atoms in total. The van der Waals surface area contributed by atoms with E-state index in [1.165, 1.54) is 6.26 Å². The Bertz CT molecular complexity index is 1160. The first kappa shape index (κ1) is 25.4. The molecule has 184 valence electrons. The number of rotatable bonds is 11. The Kier molecular flexibility index (Phi) is 8.89. The standard InChI is InChI=1S/C26H29N3O6/c1-5-32-22-15-19(16-23(33-6-2)24(22)34-7-3)25(30)29-28-17(4)18-10-8-11-20(14-18)27-26(31)21-12-9-13-35-21/h8-16H,5-7H2,1-4H3,(H,27,31)(H,29,30)/b28-17+. The second-order valence-electron chi connectivity index (χ2n) is 7.25. The fourth-order valence-electron chi connectivity index (χ4n) is 3.21. The summed E-state index contributed by atoms with van der Waals surface area (Å²) >= 11 is 0. The highest BCUT2D eigenvalue weighted by atomic mass is 16.5. The van der Waals surface area contributed by atoms with Gasteiger partial charge < -0.3 is 23.9 Å². The number of carbonyl (C=O) groups excluding carboxylic acids is 2. The molecule has 2 N–H and O–H groups in total. The first-order valence-electron chi connectivity index (χ1n) is 11.3. The number of nitrogens with one attached hydrogen (secondary N) is 2. The lowest BCUT2D eigenvalue weighted by Crippen LogP contribution is -2.20. The monoisotopic (exact) mass is 479 g/mol. The zero-order valence-corrected chi connectivity index (χ0v) is 20.2. The van der Waals surface area contributed by atoms with Crippen molar-refractivity contribution in [3.63, 3.8) is 0 Å². The second-order valence-corrected chi connectivity index (χ2v) is 7.25. The van der Waals surface area contributed by atoms with Crippen LogP contribution in [-0.4, -0.2) is 37.3 Å². The van der Waals surface area contributed by atoms with Gasteiger partial charge in [0, 0.05) is 11.3 Å². The van der Waals surface area contributed by atoms with Crippen molar-refractivity contribution >= 4 is 23.2 Å². The van der Waals surface area contributed by atoms with Gasteiger partial charge in [0.25, 0.3) is 11.8 Å². The van der Waals surface area contributed by atoms with Crippen molar-refractivity contribution in [3.8, 4) is 17.2 Å². The summed E-state index contributed by atoms with van der Waals surface area (Å²) in [7, 11) is 0. The average molecular weight is 480 g/mol. The van der Waals surface area contributed by atoms with Crippen molar-refractivity contribution in [3.05, 3.63) is 71.7 Å². The van der Waals surface area contributed by atoms with E-state index in [-0.39, 0.29) is 11.7 Å². The SMILES string of the molecule is CCOc1cc(C(=O)N/N=C(\C)c2cccc(NC(=O)c3ccco3)c2)cc(OCC)c1OCC. The number of anilines is 1. The Hall–Kier alpha value is -4.27. The van der Waals surface area contributed by atoms with Gasteiger partial charge in [0.1, 0.15) is 0 Å². The number of hydrogen-bond donors (Lipinski definition) is 2. The molecule has 0 fully saturated rings. The molecule has 3 rings (SSSR count). The Morgan fingerprint density at radius 2 is 1.54 bits per heavy atom. The molecule has 2 aromatic carbocycles. The van der Waals surface area contributed by atoms with E-state index in [0.29, 0.717) is 54.0 Å². The summed E-state index contributed by atoms with van der Waals surface area (Å²) in [5.41, 5.74) is 4.72. The van der Waals surface area contributed by atoms with Crippen LogP contribution in [0.5, 0.6) is 17.2 Å². The Morgan fingerprint density at radius 3 is 2.14 bits per heavy atom. The van der Waals surface area contributed by atoms with Crippen molar-refractivity contribution in [2.75, 3.05) is 25.1 Å². The van der Waals surface area contributed by atoms with Gasteiger partial charge in [-0.3, -0.25) is 9.59 Å². The molecule has 0 aliphatic rings. The van der Waals surface area contributed by atoms with Crippen molar-refractivity contribution in [2.24, 2.45) is 5.10 Å². The van der Waals surface area contributed by atoms with Crippen molar-refractivity contribution in [1.29, 1.82) is 0 Å². The van der Waals surface area contributed by atoms with Crippen LogP contribution < -0.4 is 25.0 Å². The number of benzene rings is 2. The fraction of sp³-hybridized carbons (Fsp3) is 0.269. The van der Waals surface area contributed by atoms with E-state index in [1.807, 2.05) is 26.8 Å². The van der Waals surface area contributed by atoms with Crippen LogP contribution in [0.3, 0.4) is 0 Å². The number of hydrogen-bond acceptors (Lipinski definition) is 7. The third-order valence-electron chi connectivity index (χ3n) is 4.78. The lowest BCUT2D eigenvalue weighted by atomic mass is 10.1. The summed E-state index contributed by atoms with van der Waals surface area (Å²) in [6.45, 7) is 8.55. The molecule has 0 spiro atoms. The third kappa shape index (κ3) is 6.63. The summed E-state index contributed by atoms with van der Waals surface area (Å²) < 4.78 is 22.1. The number of amides is 2. The molecule has 1 aromatic heterocycles. The molecule has 0 bridgehead atoms. The van der Waals surface area contributed by atoms with Gasteiger partial charge in [-0.1, -0.05) is 12.1 Å². The zero-order chi connectivity index (χ0) is 25.2. The maximum absolute atomic E-state index is 12.9. The number of nitrogens with zero attached hydrogens (tertiary/aromatic N) is 1.